The van der Waals surface area contributed by atoms with Crippen molar-refractivity contribution < 1.29 is 39.5 Å². The maximum absolute atomic E-state index is 12.4. The summed E-state index contributed by atoms with van der Waals surface area (Å²) in [6.45, 7) is 0. The summed E-state index contributed by atoms with van der Waals surface area (Å²) in [4.78, 5) is 24.8. The van der Waals surface area contributed by atoms with E-state index in [0.29, 0.717) is 11.1 Å². The first-order valence-corrected chi connectivity index (χ1v) is 11.7. The van der Waals surface area contributed by atoms with Gasteiger partial charge in [-0.3, -0.25) is 9.59 Å². The Morgan fingerprint density at radius 1 is 0.463 bits per heavy atom. The number of hydrogen-bond acceptors (Lipinski definition) is 10. The van der Waals surface area contributed by atoms with Gasteiger partial charge in [-0.1, -0.05) is 24.3 Å². The average Bonchev–Trinajstić information content (AvgIpc) is 2.90. The van der Waals surface area contributed by atoms with Gasteiger partial charge >= 0.3 is 23.1 Å². The molecule has 10 nitrogen and oxygen atoms in total. The molecular weight excluding hydrogens is 545 g/mol. The molecule has 0 saturated heterocycles. The molecule has 0 spiro atoms. The van der Waals surface area contributed by atoms with Gasteiger partial charge < -0.3 is 39.5 Å². The zero-order valence-electron chi connectivity index (χ0n) is 21.1. The van der Waals surface area contributed by atoms with Crippen LogP contribution in [-0.4, -0.2) is 53.7 Å². The molecule has 0 radical (unpaired) electrons. The summed E-state index contributed by atoms with van der Waals surface area (Å²) >= 11 is 0. The van der Waals surface area contributed by atoms with Crippen LogP contribution in [-0.2, 0) is 0 Å². The summed E-state index contributed by atoms with van der Waals surface area (Å²) in [7, 11) is 0. The van der Waals surface area contributed by atoms with Gasteiger partial charge in [0.15, 0.2) is 0 Å². The molecule has 6 N–H and O–H groups in total. The Kier molecular flexibility index (Phi) is 8.12. The third-order valence-corrected chi connectivity index (χ3v) is 6.04. The van der Waals surface area contributed by atoms with Crippen molar-refractivity contribution in [3.63, 3.8) is 0 Å². The molecule has 0 aliphatic carbocycles. The van der Waals surface area contributed by atoms with Crippen molar-refractivity contribution in [2.24, 2.45) is 0 Å². The summed E-state index contributed by atoms with van der Waals surface area (Å²) in [5.74, 6) is -0.867. The van der Waals surface area contributed by atoms with E-state index in [1.807, 2.05) is 0 Å². The second kappa shape index (κ2) is 11.5. The van der Waals surface area contributed by atoms with Gasteiger partial charge in [-0.2, -0.15) is 0 Å². The first-order chi connectivity index (χ1) is 19.1. The molecule has 0 unspecified atom stereocenters. The molecule has 0 fully saturated rings. The molecule has 0 aliphatic heterocycles. The Hall–Kier alpha value is -5.13. The van der Waals surface area contributed by atoms with E-state index in [2.05, 4.69) is 0 Å². The van der Waals surface area contributed by atoms with Crippen LogP contribution in [0, 0.1) is 0 Å². The summed E-state index contributed by atoms with van der Waals surface area (Å²) in [6.07, 6.45) is 2.52. The largest absolute Gasteiger partial charge is 2.00 e. The van der Waals surface area contributed by atoms with E-state index in [1.165, 1.54) is 48.9 Å². The van der Waals surface area contributed by atoms with Gasteiger partial charge in [-0.25, -0.2) is 0 Å². The molecule has 0 bridgehead atoms. The van der Waals surface area contributed by atoms with Crippen molar-refractivity contribution in [3.05, 3.63) is 106 Å². The molecule has 41 heavy (non-hydrogen) atoms. The van der Waals surface area contributed by atoms with Gasteiger partial charge in [0, 0.05) is 24.3 Å². The fourth-order valence-corrected chi connectivity index (χ4v) is 4.12. The second-order valence-electron chi connectivity index (χ2n) is 8.73. The summed E-state index contributed by atoms with van der Waals surface area (Å²) in [5, 5.41) is 56.8. The second-order valence-corrected chi connectivity index (χ2v) is 8.73. The monoisotopic (exact) mass is 564 g/mol. The average molecular weight is 565 g/mol. The number of rotatable bonds is 2. The number of phenolic OH excluding ortho intramolecular Hbond substituents is 6. The van der Waals surface area contributed by atoms with Crippen LogP contribution in [0.1, 0.15) is 0 Å². The molecule has 11 heteroatoms. The van der Waals surface area contributed by atoms with Crippen LogP contribution < -0.4 is 10.9 Å². The zero-order chi connectivity index (χ0) is 28.6. The van der Waals surface area contributed by atoms with Crippen molar-refractivity contribution >= 4 is 45.0 Å². The van der Waals surface area contributed by atoms with Crippen LogP contribution >= 0.6 is 0 Å². The molecule has 0 saturated carbocycles. The van der Waals surface area contributed by atoms with Gasteiger partial charge in [0.2, 0.25) is 10.9 Å². The van der Waals surface area contributed by atoms with Crippen molar-refractivity contribution in [2.75, 3.05) is 0 Å². The summed E-state index contributed by atoms with van der Waals surface area (Å²) in [6, 6.07) is 16.8. The molecule has 6 aromatic rings. The maximum atomic E-state index is 12.4. The Balaban J connectivity index is 0.000000184. The minimum atomic E-state index is -0.408. The quantitative estimate of drug-likeness (QED) is 0.160. The van der Waals surface area contributed by atoms with Gasteiger partial charge in [-0.05, 0) is 35.4 Å². The van der Waals surface area contributed by atoms with Crippen molar-refractivity contribution in [1.29, 1.82) is 0 Å². The van der Waals surface area contributed by atoms with Crippen LogP contribution in [0.4, 0.5) is 0 Å². The van der Waals surface area contributed by atoms with Crippen LogP contribution in [0.2, 0.25) is 0 Å². The first kappa shape index (κ1) is 28.9. The number of phenols is 6. The standard InChI is InChI=1S/2C15H10O5.Mg/c2*16-9-3-1-8(2-4-9)11-7-20-13-6-10(17)5-12(18)14(13)15(11)19;/h2*1-7,16-18H;/q;;+2. The number of benzene rings is 4. The third kappa shape index (κ3) is 5.76. The van der Waals surface area contributed by atoms with Crippen LogP contribution in [0.25, 0.3) is 44.2 Å². The number of hydrogen-bond donors (Lipinski definition) is 6. The van der Waals surface area contributed by atoms with Gasteiger partial charge in [0.25, 0.3) is 0 Å². The van der Waals surface area contributed by atoms with Crippen LogP contribution in [0.3, 0.4) is 0 Å². The Bertz CT molecular complexity index is 1850. The van der Waals surface area contributed by atoms with E-state index in [4.69, 9.17) is 8.83 Å². The number of aromatic hydroxyl groups is 6. The van der Waals surface area contributed by atoms with Gasteiger partial charge in [0.1, 0.15) is 69.0 Å². The molecule has 2 heterocycles. The molecule has 200 valence electrons. The predicted octanol–water partition coefficient (Wildman–Crippen LogP) is 4.77. The van der Waals surface area contributed by atoms with E-state index in [-0.39, 0.29) is 90.6 Å². The Labute approximate surface area is 246 Å². The van der Waals surface area contributed by atoms with Gasteiger partial charge in [0.05, 0.1) is 11.1 Å². The third-order valence-electron chi connectivity index (χ3n) is 6.04. The first-order valence-electron chi connectivity index (χ1n) is 11.7. The van der Waals surface area contributed by atoms with E-state index in [1.54, 1.807) is 24.3 Å². The Morgan fingerprint density at radius 3 is 1.15 bits per heavy atom. The smallest absolute Gasteiger partial charge is 0.508 e. The van der Waals surface area contributed by atoms with Crippen molar-refractivity contribution in [1.82, 2.24) is 0 Å². The molecule has 2 aromatic heterocycles. The van der Waals surface area contributed by atoms with Crippen molar-refractivity contribution in [2.45, 2.75) is 0 Å². The van der Waals surface area contributed by atoms with E-state index in [0.717, 1.165) is 12.1 Å². The fraction of sp³-hybridized carbons (Fsp3) is 0. The fourth-order valence-electron chi connectivity index (χ4n) is 4.12. The molecule has 0 aliphatic rings. The normalized spacial score (nSPS) is 10.5. The van der Waals surface area contributed by atoms with Crippen LogP contribution in [0.5, 0.6) is 34.5 Å². The Morgan fingerprint density at radius 2 is 0.805 bits per heavy atom. The predicted molar refractivity (Wildman–Crippen MR) is 152 cm³/mol. The topological polar surface area (TPSA) is 182 Å². The summed E-state index contributed by atoms with van der Waals surface area (Å²) < 4.78 is 10.6. The SMILES string of the molecule is O=c1c(-c2ccc(O)cc2)coc2cc(O)cc(O)c12.O=c1c(-c2ccc(O)cc2)coc2cc(O)cc(O)c12.[Mg+2]. The maximum Gasteiger partial charge on any atom is 2.00 e. The van der Waals surface area contributed by atoms with Crippen molar-refractivity contribution in [3.8, 4) is 56.8 Å². The van der Waals surface area contributed by atoms with E-state index in [9.17, 15) is 40.2 Å². The van der Waals surface area contributed by atoms with Gasteiger partial charge in [-0.15, -0.1) is 0 Å². The molecule has 4 aromatic carbocycles. The number of fused-ring (bicyclic) bond motifs is 2. The minimum absolute atomic E-state index is 0. The van der Waals surface area contributed by atoms with E-state index < -0.39 is 10.9 Å². The zero-order valence-corrected chi connectivity index (χ0v) is 22.5. The molecule has 0 amide bonds. The summed E-state index contributed by atoms with van der Waals surface area (Å²) in [5.41, 5.74) is 1.04. The van der Waals surface area contributed by atoms with E-state index >= 15 is 0 Å². The molecule has 0 atom stereocenters. The molecule has 6 rings (SSSR count). The van der Waals surface area contributed by atoms with Crippen LogP contribution in [0.15, 0.2) is 104 Å². The minimum Gasteiger partial charge on any atom is -0.508 e. The molecular formula is C30H20MgO10+2.